The molecule has 1 aliphatic rings. The van der Waals surface area contributed by atoms with Crippen LogP contribution < -0.4 is 9.64 Å². The number of hydrogen-bond donors (Lipinski definition) is 0. The highest BCUT2D eigenvalue weighted by molar-refractivity contribution is 9.10. The Hall–Kier alpha value is -1.88. The molecular weight excluding hydrogens is 337 g/mol. The fraction of sp³-hybridized carbons (Fsp3) is 0.188. The normalized spacial score (nSPS) is 13.1. The number of para-hydroxylation sites is 1. The van der Waals surface area contributed by atoms with Gasteiger partial charge in [-0.05, 0) is 42.3 Å². The first-order valence-corrected chi connectivity index (χ1v) is 7.40. The Morgan fingerprint density at radius 3 is 2.90 bits per heavy atom. The van der Waals surface area contributed by atoms with Gasteiger partial charge in [-0.3, -0.25) is 4.79 Å². The maximum atomic E-state index is 13.4. The molecule has 2 aromatic carbocycles. The van der Waals surface area contributed by atoms with Crippen molar-refractivity contribution in [3.05, 3.63) is 58.3 Å². The highest BCUT2D eigenvalue weighted by atomic mass is 79.9. The maximum Gasteiger partial charge on any atom is 0.264 e. The maximum absolute atomic E-state index is 13.4. The van der Waals surface area contributed by atoms with Crippen LogP contribution in [0.25, 0.3) is 0 Å². The van der Waals surface area contributed by atoms with Gasteiger partial charge < -0.3 is 9.64 Å². The Morgan fingerprint density at radius 2 is 2.10 bits per heavy atom. The third kappa shape index (κ3) is 2.93. The number of carbonyl (C=O) groups is 1. The third-order valence-electron chi connectivity index (χ3n) is 3.43. The number of carbonyl (C=O) groups excluding carboxylic acids is 1. The van der Waals surface area contributed by atoms with Crippen molar-refractivity contribution in [3.63, 3.8) is 0 Å². The second-order valence-electron chi connectivity index (χ2n) is 4.79. The molecule has 1 heterocycles. The molecule has 0 atom stereocenters. The van der Waals surface area contributed by atoms with E-state index in [9.17, 15) is 9.18 Å². The Kier molecular flexibility index (Phi) is 3.92. The summed E-state index contributed by atoms with van der Waals surface area (Å²) >= 11 is 3.42. The van der Waals surface area contributed by atoms with Crippen molar-refractivity contribution in [1.82, 2.24) is 0 Å². The van der Waals surface area contributed by atoms with Gasteiger partial charge >= 0.3 is 0 Å². The number of hydrogen-bond acceptors (Lipinski definition) is 2. The summed E-state index contributed by atoms with van der Waals surface area (Å²) in [6.07, 6.45) is 0.820. The summed E-state index contributed by atoms with van der Waals surface area (Å²) in [5.74, 6) is -0.531. The molecule has 1 amide bonds. The molecule has 0 unspecified atom stereocenters. The molecule has 1 aliphatic heterocycles. The lowest BCUT2D eigenvalue weighted by molar-refractivity contribution is -0.120. The molecule has 0 bridgehead atoms. The Morgan fingerprint density at radius 1 is 1.29 bits per heavy atom. The van der Waals surface area contributed by atoms with E-state index in [4.69, 9.17) is 4.74 Å². The minimum Gasteiger partial charge on any atom is -0.481 e. The van der Waals surface area contributed by atoms with Gasteiger partial charge in [-0.1, -0.05) is 28.1 Å². The number of ether oxygens (including phenoxy) is 1. The van der Waals surface area contributed by atoms with Gasteiger partial charge in [0.1, 0.15) is 0 Å². The highest BCUT2D eigenvalue weighted by Gasteiger charge is 2.25. The monoisotopic (exact) mass is 349 g/mol. The minimum absolute atomic E-state index is 0.0982. The van der Waals surface area contributed by atoms with Crippen molar-refractivity contribution in [3.8, 4) is 5.75 Å². The summed E-state index contributed by atoms with van der Waals surface area (Å²) in [6, 6.07) is 11.9. The average molecular weight is 350 g/mol. The van der Waals surface area contributed by atoms with E-state index in [1.165, 1.54) is 12.1 Å². The zero-order valence-electron chi connectivity index (χ0n) is 11.2. The summed E-state index contributed by atoms with van der Waals surface area (Å²) < 4.78 is 19.7. The van der Waals surface area contributed by atoms with Crippen molar-refractivity contribution < 1.29 is 13.9 Å². The molecule has 3 nitrogen and oxygen atoms in total. The molecule has 21 heavy (non-hydrogen) atoms. The molecule has 5 heteroatoms. The standard InChI is InChI=1S/C16H13BrFNO2/c17-12-5-6-14-11(9-12)7-8-19(14)16(20)10-21-15-4-2-1-3-13(15)18/h1-6,9H,7-8,10H2. The van der Waals surface area contributed by atoms with E-state index < -0.39 is 5.82 Å². The largest absolute Gasteiger partial charge is 0.481 e. The molecule has 0 N–H and O–H groups in total. The number of halogens is 2. The average Bonchev–Trinajstić information content (AvgIpc) is 2.89. The molecule has 0 saturated carbocycles. The summed E-state index contributed by atoms with van der Waals surface area (Å²) in [5.41, 5.74) is 2.03. The van der Waals surface area contributed by atoms with Crippen LogP contribution in [0.1, 0.15) is 5.56 Å². The van der Waals surface area contributed by atoms with Crippen molar-refractivity contribution >= 4 is 27.5 Å². The molecule has 0 aliphatic carbocycles. The first kappa shape index (κ1) is 14.1. The van der Waals surface area contributed by atoms with E-state index in [1.54, 1.807) is 17.0 Å². The van der Waals surface area contributed by atoms with Crippen LogP contribution in [0.4, 0.5) is 10.1 Å². The summed E-state index contributed by atoms with van der Waals surface area (Å²) in [4.78, 5) is 13.9. The van der Waals surface area contributed by atoms with Gasteiger partial charge in [-0.25, -0.2) is 4.39 Å². The van der Waals surface area contributed by atoms with Gasteiger partial charge in [0.05, 0.1) is 0 Å². The van der Waals surface area contributed by atoms with Gasteiger partial charge in [-0.15, -0.1) is 0 Å². The Balaban J connectivity index is 1.69. The number of rotatable bonds is 3. The zero-order valence-corrected chi connectivity index (χ0v) is 12.8. The van der Waals surface area contributed by atoms with Crippen LogP contribution in [0.5, 0.6) is 5.75 Å². The molecular formula is C16H13BrFNO2. The first-order valence-electron chi connectivity index (χ1n) is 6.61. The summed E-state index contributed by atoms with van der Waals surface area (Å²) in [5, 5.41) is 0. The van der Waals surface area contributed by atoms with Crippen LogP contribution in [0.15, 0.2) is 46.9 Å². The fourth-order valence-corrected chi connectivity index (χ4v) is 2.82. The second-order valence-corrected chi connectivity index (χ2v) is 5.70. The molecule has 0 spiro atoms. The van der Waals surface area contributed by atoms with Crippen molar-refractivity contribution in [2.45, 2.75) is 6.42 Å². The fourth-order valence-electron chi connectivity index (χ4n) is 2.41. The topological polar surface area (TPSA) is 29.5 Å². The van der Waals surface area contributed by atoms with E-state index in [-0.39, 0.29) is 18.3 Å². The molecule has 108 valence electrons. The number of fused-ring (bicyclic) bond motifs is 1. The minimum atomic E-state index is -0.462. The second kappa shape index (κ2) is 5.85. The smallest absolute Gasteiger partial charge is 0.264 e. The molecule has 0 saturated heterocycles. The van der Waals surface area contributed by atoms with Gasteiger partial charge in [0.25, 0.3) is 5.91 Å². The van der Waals surface area contributed by atoms with Gasteiger partial charge in [0.2, 0.25) is 0 Å². The summed E-state index contributed by atoms with van der Waals surface area (Å²) in [6.45, 7) is 0.460. The lowest BCUT2D eigenvalue weighted by Gasteiger charge is -2.17. The number of benzene rings is 2. The SMILES string of the molecule is O=C(COc1ccccc1F)N1CCc2cc(Br)ccc21. The molecule has 0 radical (unpaired) electrons. The molecule has 2 aromatic rings. The van der Waals surface area contributed by atoms with Crippen LogP contribution in [0.2, 0.25) is 0 Å². The van der Waals surface area contributed by atoms with Crippen molar-refractivity contribution in [2.75, 3.05) is 18.1 Å². The van der Waals surface area contributed by atoms with Crippen molar-refractivity contribution in [1.29, 1.82) is 0 Å². The van der Waals surface area contributed by atoms with E-state index in [2.05, 4.69) is 15.9 Å². The Labute approximate surface area is 130 Å². The molecule has 0 aromatic heterocycles. The number of nitrogens with zero attached hydrogens (tertiary/aromatic N) is 1. The predicted molar refractivity (Wildman–Crippen MR) is 82.1 cm³/mol. The van der Waals surface area contributed by atoms with Crippen LogP contribution in [0, 0.1) is 5.82 Å². The quantitative estimate of drug-likeness (QED) is 0.847. The van der Waals surface area contributed by atoms with Crippen molar-refractivity contribution in [2.24, 2.45) is 0 Å². The lowest BCUT2D eigenvalue weighted by Crippen LogP contribution is -2.33. The Bertz CT molecular complexity index is 690. The van der Waals surface area contributed by atoms with Crippen LogP contribution in [-0.2, 0) is 11.2 Å². The first-order chi connectivity index (χ1) is 10.1. The van der Waals surface area contributed by atoms with Gasteiger partial charge in [-0.2, -0.15) is 0 Å². The van der Waals surface area contributed by atoms with E-state index >= 15 is 0 Å². The van der Waals surface area contributed by atoms with Gasteiger partial charge in [0.15, 0.2) is 18.2 Å². The van der Waals surface area contributed by atoms with E-state index in [1.807, 2.05) is 18.2 Å². The third-order valence-corrected chi connectivity index (χ3v) is 3.92. The number of anilines is 1. The zero-order chi connectivity index (χ0) is 14.8. The predicted octanol–water partition coefficient (Wildman–Crippen LogP) is 3.56. The van der Waals surface area contributed by atoms with Crippen LogP contribution in [0.3, 0.4) is 0 Å². The van der Waals surface area contributed by atoms with Crippen LogP contribution in [-0.4, -0.2) is 19.1 Å². The van der Waals surface area contributed by atoms with Crippen LogP contribution >= 0.6 is 15.9 Å². The van der Waals surface area contributed by atoms with E-state index in [0.29, 0.717) is 6.54 Å². The molecule has 0 fully saturated rings. The van der Waals surface area contributed by atoms with Gasteiger partial charge in [0, 0.05) is 16.7 Å². The molecule has 3 rings (SSSR count). The van der Waals surface area contributed by atoms with E-state index in [0.717, 1.165) is 22.1 Å². The summed E-state index contributed by atoms with van der Waals surface area (Å²) in [7, 11) is 0. The lowest BCUT2D eigenvalue weighted by atomic mass is 10.2. The highest BCUT2D eigenvalue weighted by Crippen LogP contribution is 2.30. The number of amides is 1.